The standard InChI is InChI=1S/C21H23N3O4/c1-22(2)20(28)24-11-17-10-23(12-21(17,13-24)19(26)27)18(25)16-8-7-14-5-3-4-6-15(14)9-16/h3-9,17H,10-13H2,1-2H3,(H,26,27)/t17-,21-/m0/s1. The number of likely N-dealkylation sites (tertiary alicyclic amines) is 2. The van der Waals surface area contributed by atoms with Gasteiger partial charge in [-0.25, -0.2) is 4.79 Å². The van der Waals surface area contributed by atoms with Crippen molar-refractivity contribution < 1.29 is 19.5 Å². The molecule has 0 bridgehead atoms. The van der Waals surface area contributed by atoms with Crippen molar-refractivity contribution in [3.05, 3.63) is 48.0 Å². The van der Waals surface area contributed by atoms with Gasteiger partial charge in [-0.05, 0) is 22.9 Å². The van der Waals surface area contributed by atoms with E-state index in [1.165, 1.54) is 4.90 Å². The lowest BCUT2D eigenvalue weighted by atomic mass is 9.81. The summed E-state index contributed by atoms with van der Waals surface area (Å²) in [6.07, 6.45) is 0. The molecule has 146 valence electrons. The monoisotopic (exact) mass is 381 g/mol. The van der Waals surface area contributed by atoms with Crippen molar-refractivity contribution in [2.24, 2.45) is 11.3 Å². The fourth-order valence-corrected chi connectivity index (χ4v) is 4.46. The van der Waals surface area contributed by atoms with E-state index in [0.29, 0.717) is 18.7 Å². The molecule has 2 aliphatic heterocycles. The largest absolute Gasteiger partial charge is 0.481 e. The Balaban J connectivity index is 1.57. The first-order chi connectivity index (χ1) is 13.3. The lowest BCUT2D eigenvalue weighted by Gasteiger charge is -2.27. The minimum Gasteiger partial charge on any atom is -0.481 e. The van der Waals surface area contributed by atoms with Crippen LogP contribution in [0.25, 0.3) is 10.8 Å². The Bertz CT molecular complexity index is 973. The number of aliphatic carboxylic acids is 1. The minimum absolute atomic E-state index is 0.121. The summed E-state index contributed by atoms with van der Waals surface area (Å²) in [7, 11) is 3.30. The number of fused-ring (bicyclic) bond motifs is 2. The van der Waals surface area contributed by atoms with Crippen molar-refractivity contribution in [3.8, 4) is 0 Å². The third-order valence-electron chi connectivity index (χ3n) is 5.97. The number of carboxylic acid groups (broad SMARTS) is 1. The molecule has 0 saturated carbocycles. The Hall–Kier alpha value is -3.09. The molecule has 2 aliphatic rings. The van der Waals surface area contributed by atoms with Crippen molar-refractivity contribution in [2.45, 2.75) is 0 Å². The van der Waals surface area contributed by atoms with Crippen molar-refractivity contribution in [3.63, 3.8) is 0 Å². The molecule has 7 heteroatoms. The van der Waals surface area contributed by atoms with Crippen LogP contribution in [0.1, 0.15) is 10.4 Å². The molecule has 0 radical (unpaired) electrons. The maximum Gasteiger partial charge on any atom is 0.319 e. The predicted octanol–water partition coefficient (Wildman–Crippen LogP) is 1.98. The molecule has 0 spiro atoms. The van der Waals surface area contributed by atoms with Gasteiger partial charge in [0.25, 0.3) is 5.91 Å². The van der Waals surface area contributed by atoms with Gasteiger partial charge in [0, 0.05) is 51.8 Å². The van der Waals surface area contributed by atoms with Gasteiger partial charge in [0.2, 0.25) is 0 Å². The van der Waals surface area contributed by atoms with Crippen LogP contribution in [0.2, 0.25) is 0 Å². The van der Waals surface area contributed by atoms with Gasteiger partial charge in [-0.1, -0.05) is 30.3 Å². The molecular formula is C21H23N3O4. The Morgan fingerprint density at radius 2 is 1.64 bits per heavy atom. The van der Waals surface area contributed by atoms with E-state index in [4.69, 9.17) is 0 Å². The van der Waals surface area contributed by atoms with Gasteiger partial charge >= 0.3 is 12.0 Å². The number of amides is 3. The number of nitrogens with zero attached hydrogens (tertiary/aromatic N) is 3. The number of hydrogen-bond donors (Lipinski definition) is 1. The minimum atomic E-state index is -1.10. The maximum atomic E-state index is 13.1. The first-order valence-electron chi connectivity index (χ1n) is 9.29. The zero-order chi connectivity index (χ0) is 20.1. The third-order valence-corrected chi connectivity index (χ3v) is 5.97. The van der Waals surface area contributed by atoms with Gasteiger partial charge in [0.15, 0.2) is 0 Å². The topological polar surface area (TPSA) is 81.2 Å². The Morgan fingerprint density at radius 1 is 1.00 bits per heavy atom. The van der Waals surface area contributed by atoms with Crippen molar-refractivity contribution in [2.75, 3.05) is 40.3 Å². The van der Waals surface area contributed by atoms with Crippen LogP contribution in [-0.4, -0.2) is 78.0 Å². The Kier molecular flexibility index (Phi) is 4.25. The van der Waals surface area contributed by atoms with Gasteiger partial charge < -0.3 is 19.8 Å². The number of carboxylic acids is 1. The molecule has 1 N–H and O–H groups in total. The van der Waals surface area contributed by atoms with E-state index >= 15 is 0 Å². The van der Waals surface area contributed by atoms with Crippen molar-refractivity contribution >= 4 is 28.7 Å². The Labute approximate surface area is 163 Å². The van der Waals surface area contributed by atoms with Gasteiger partial charge in [0.05, 0.1) is 0 Å². The summed E-state index contributed by atoms with van der Waals surface area (Å²) in [6, 6.07) is 13.2. The van der Waals surface area contributed by atoms with Crippen molar-refractivity contribution in [1.82, 2.24) is 14.7 Å². The molecule has 2 aromatic rings. The Morgan fingerprint density at radius 3 is 2.29 bits per heavy atom. The highest BCUT2D eigenvalue weighted by molar-refractivity contribution is 5.99. The first-order valence-corrected chi connectivity index (χ1v) is 9.29. The van der Waals surface area contributed by atoms with E-state index in [9.17, 15) is 19.5 Å². The molecule has 4 rings (SSSR count). The second-order valence-electron chi connectivity index (χ2n) is 7.96. The van der Waals surface area contributed by atoms with E-state index in [1.54, 1.807) is 30.0 Å². The normalized spacial score (nSPS) is 23.7. The van der Waals surface area contributed by atoms with Crippen LogP contribution in [-0.2, 0) is 4.79 Å². The average Bonchev–Trinajstić information content (AvgIpc) is 3.22. The van der Waals surface area contributed by atoms with E-state index in [2.05, 4.69) is 0 Å². The quantitative estimate of drug-likeness (QED) is 0.863. The lowest BCUT2D eigenvalue weighted by molar-refractivity contribution is -0.148. The number of benzene rings is 2. The smallest absolute Gasteiger partial charge is 0.319 e. The lowest BCUT2D eigenvalue weighted by Crippen LogP contribution is -2.45. The number of urea groups is 1. The van der Waals surface area contributed by atoms with Crippen molar-refractivity contribution in [1.29, 1.82) is 0 Å². The van der Waals surface area contributed by atoms with Gasteiger partial charge in [-0.3, -0.25) is 9.59 Å². The van der Waals surface area contributed by atoms with Gasteiger partial charge in [-0.2, -0.15) is 0 Å². The molecule has 2 saturated heterocycles. The second kappa shape index (κ2) is 6.51. The molecule has 2 fully saturated rings. The molecule has 2 atom stereocenters. The first kappa shape index (κ1) is 18.3. The molecule has 2 heterocycles. The zero-order valence-corrected chi connectivity index (χ0v) is 16.0. The summed E-state index contributed by atoms with van der Waals surface area (Å²) in [5.41, 5.74) is -0.543. The molecule has 28 heavy (non-hydrogen) atoms. The summed E-state index contributed by atoms with van der Waals surface area (Å²) < 4.78 is 0. The third kappa shape index (κ3) is 2.78. The van der Waals surface area contributed by atoms with Crippen LogP contribution >= 0.6 is 0 Å². The van der Waals surface area contributed by atoms with E-state index < -0.39 is 11.4 Å². The summed E-state index contributed by atoms with van der Waals surface area (Å²) >= 11 is 0. The van der Waals surface area contributed by atoms with Crippen LogP contribution in [0.3, 0.4) is 0 Å². The SMILES string of the molecule is CN(C)C(=O)N1C[C@@H]2CN(C(=O)c3ccc4ccccc4c3)C[C@]2(C(=O)O)C1. The highest BCUT2D eigenvalue weighted by Crippen LogP contribution is 2.43. The van der Waals surface area contributed by atoms with Gasteiger partial charge in [0.1, 0.15) is 5.41 Å². The number of carbonyl (C=O) groups excluding carboxylic acids is 2. The summed E-state index contributed by atoms with van der Waals surface area (Å²) in [5.74, 6) is -1.37. The fraction of sp³-hybridized carbons (Fsp3) is 0.381. The molecule has 0 aliphatic carbocycles. The average molecular weight is 381 g/mol. The van der Waals surface area contributed by atoms with Crippen LogP contribution in [0.4, 0.5) is 4.79 Å². The second-order valence-corrected chi connectivity index (χ2v) is 7.96. The molecular weight excluding hydrogens is 358 g/mol. The molecule has 0 unspecified atom stereocenters. The van der Waals surface area contributed by atoms with E-state index in [1.807, 2.05) is 36.4 Å². The molecule has 2 aromatic carbocycles. The summed E-state index contributed by atoms with van der Waals surface area (Å²) in [6.45, 7) is 0.946. The number of carbonyl (C=O) groups is 3. The predicted molar refractivity (Wildman–Crippen MR) is 104 cm³/mol. The van der Waals surface area contributed by atoms with E-state index in [0.717, 1.165) is 10.8 Å². The fourth-order valence-electron chi connectivity index (χ4n) is 4.46. The highest BCUT2D eigenvalue weighted by atomic mass is 16.4. The van der Waals surface area contributed by atoms with E-state index in [-0.39, 0.29) is 30.9 Å². The molecule has 7 nitrogen and oxygen atoms in total. The summed E-state index contributed by atoms with van der Waals surface area (Å²) in [5, 5.41) is 12.0. The number of hydrogen-bond acceptors (Lipinski definition) is 3. The van der Waals surface area contributed by atoms with Crippen LogP contribution in [0.15, 0.2) is 42.5 Å². The summed E-state index contributed by atoms with van der Waals surface area (Å²) in [4.78, 5) is 42.1. The van der Waals surface area contributed by atoms with Gasteiger partial charge in [-0.15, -0.1) is 0 Å². The highest BCUT2D eigenvalue weighted by Gasteiger charge is 2.59. The number of rotatable bonds is 2. The van der Waals surface area contributed by atoms with Crippen LogP contribution in [0.5, 0.6) is 0 Å². The van der Waals surface area contributed by atoms with Crippen LogP contribution < -0.4 is 0 Å². The maximum absolute atomic E-state index is 13.1. The van der Waals surface area contributed by atoms with Crippen LogP contribution in [0, 0.1) is 11.3 Å². The molecule has 3 amide bonds. The molecule has 0 aromatic heterocycles. The zero-order valence-electron chi connectivity index (χ0n) is 16.0.